The SMILES string of the molecule is NC(=O)c1ccc(NC2CCN(Cc3ccccc3)CC2)c(Cl)c1. The lowest BCUT2D eigenvalue weighted by Crippen LogP contribution is -2.38. The van der Waals surface area contributed by atoms with Gasteiger partial charge in [-0.25, -0.2) is 0 Å². The molecule has 0 bridgehead atoms. The largest absolute Gasteiger partial charge is 0.381 e. The van der Waals surface area contributed by atoms with Gasteiger partial charge in [0, 0.05) is 31.2 Å². The first kappa shape index (κ1) is 16.8. The highest BCUT2D eigenvalue weighted by molar-refractivity contribution is 6.33. The standard InChI is InChI=1S/C19H22ClN3O/c20-17-12-15(19(21)24)6-7-18(17)22-16-8-10-23(11-9-16)13-14-4-2-1-3-5-14/h1-7,12,16,22H,8-11,13H2,(H2,21,24). The van der Waals surface area contributed by atoms with E-state index in [4.69, 9.17) is 17.3 Å². The first-order valence-corrected chi connectivity index (χ1v) is 8.62. The number of benzene rings is 2. The van der Waals surface area contributed by atoms with Crippen LogP contribution in [0.25, 0.3) is 0 Å². The van der Waals surface area contributed by atoms with Gasteiger partial charge >= 0.3 is 0 Å². The molecule has 126 valence electrons. The molecule has 3 rings (SSSR count). The number of anilines is 1. The molecule has 1 saturated heterocycles. The number of carbonyl (C=O) groups is 1. The van der Waals surface area contributed by atoms with Crippen LogP contribution in [0.15, 0.2) is 48.5 Å². The summed E-state index contributed by atoms with van der Waals surface area (Å²) in [4.78, 5) is 13.7. The van der Waals surface area contributed by atoms with Gasteiger partial charge in [-0.05, 0) is 36.6 Å². The van der Waals surface area contributed by atoms with E-state index in [0.29, 0.717) is 16.6 Å². The summed E-state index contributed by atoms with van der Waals surface area (Å²) in [6, 6.07) is 16.1. The number of likely N-dealkylation sites (tertiary alicyclic amines) is 1. The molecule has 1 aliphatic heterocycles. The molecule has 0 atom stereocenters. The second kappa shape index (κ2) is 7.69. The summed E-state index contributed by atoms with van der Waals surface area (Å²) in [6.45, 7) is 3.12. The fourth-order valence-electron chi connectivity index (χ4n) is 3.08. The molecular weight excluding hydrogens is 322 g/mol. The van der Waals surface area contributed by atoms with Crippen LogP contribution in [0.1, 0.15) is 28.8 Å². The third-order valence-corrected chi connectivity index (χ3v) is 4.76. The van der Waals surface area contributed by atoms with Gasteiger partial charge in [0.2, 0.25) is 5.91 Å². The van der Waals surface area contributed by atoms with Crippen molar-refractivity contribution < 1.29 is 4.79 Å². The molecule has 2 aromatic rings. The van der Waals surface area contributed by atoms with Crippen LogP contribution in [-0.4, -0.2) is 29.9 Å². The number of nitrogens with zero attached hydrogens (tertiary/aromatic N) is 1. The van der Waals surface area contributed by atoms with Crippen LogP contribution in [0.5, 0.6) is 0 Å². The summed E-state index contributed by atoms with van der Waals surface area (Å²) in [5.41, 5.74) is 7.93. The third-order valence-electron chi connectivity index (χ3n) is 4.45. The average molecular weight is 344 g/mol. The van der Waals surface area contributed by atoms with E-state index in [0.717, 1.165) is 38.2 Å². The Kier molecular flexibility index (Phi) is 5.38. The van der Waals surface area contributed by atoms with E-state index in [9.17, 15) is 4.79 Å². The maximum Gasteiger partial charge on any atom is 0.248 e. The van der Waals surface area contributed by atoms with Crippen molar-refractivity contribution in [2.45, 2.75) is 25.4 Å². The third kappa shape index (κ3) is 4.28. The van der Waals surface area contributed by atoms with Gasteiger partial charge in [-0.2, -0.15) is 0 Å². The van der Waals surface area contributed by atoms with Gasteiger partial charge in [-0.1, -0.05) is 41.9 Å². The minimum Gasteiger partial charge on any atom is -0.381 e. The number of carbonyl (C=O) groups excluding carboxylic acids is 1. The Morgan fingerprint density at radius 2 is 1.88 bits per heavy atom. The van der Waals surface area contributed by atoms with Gasteiger partial charge in [0.15, 0.2) is 0 Å². The van der Waals surface area contributed by atoms with Crippen molar-refractivity contribution in [1.82, 2.24) is 4.90 Å². The van der Waals surface area contributed by atoms with Gasteiger partial charge < -0.3 is 11.1 Å². The summed E-state index contributed by atoms with van der Waals surface area (Å²) in [7, 11) is 0. The topological polar surface area (TPSA) is 58.4 Å². The summed E-state index contributed by atoms with van der Waals surface area (Å²) >= 11 is 6.25. The van der Waals surface area contributed by atoms with Crippen LogP contribution in [0.3, 0.4) is 0 Å². The van der Waals surface area contributed by atoms with Crippen molar-refractivity contribution in [3.8, 4) is 0 Å². The molecule has 1 heterocycles. The second-order valence-corrected chi connectivity index (χ2v) is 6.65. The molecule has 5 heteroatoms. The number of hydrogen-bond acceptors (Lipinski definition) is 3. The zero-order valence-corrected chi connectivity index (χ0v) is 14.3. The van der Waals surface area contributed by atoms with Crippen molar-refractivity contribution in [3.63, 3.8) is 0 Å². The van der Waals surface area contributed by atoms with Crippen molar-refractivity contribution in [1.29, 1.82) is 0 Å². The number of nitrogens with one attached hydrogen (secondary N) is 1. The van der Waals surface area contributed by atoms with Crippen LogP contribution in [-0.2, 0) is 6.54 Å². The zero-order chi connectivity index (χ0) is 16.9. The molecule has 2 aromatic carbocycles. The summed E-state index contributed by atoms with van der Waals surface area (Å²) in [5.74, 6) is -0.460. The predicted molar refractivity (Wildman–Crippen MR) is 98.3 cm³/mol. The summed E-state index contributed by atoms with van der Waals surface area (Å²) in [5, 5.41) is 4.03. The van der Waals surface area contributed by atoms with Crippen molar-refractivity contribution in [3.05, 3.63) is 64.7 Å². The lowest BCUT2D eigenvalue weighted by molar-refractivity contribution is 0.100. The number of hydrogen-bond donors (Lipinski definition) is 2. The van der Waals surface area contributed by atoms with Crippen LogP contribution in [0.4, 0.5) is 5.69 Å². The number of nitrogens with two attached hydrogens (primary N) is 1. The van der Waals surface area contributed by atoms with E-state index < -0.39 is 5.91 Å². The Labute approximate surface area is 147 Å². The van der Waals surface area contributed by atoms with Gasteiger partial charge in [0.05, 0.1) is 10.7 Å². The van der Waals surface area contributed by atoms with Crippen LogP contribution in [0.2, 0.25) is 5.02 Å². The van der Waals surface area contributed by atoms with Gasteiger partial charge in [-0.3, -0.25) is 9.69 Å². The molecule has 0 unspecified atom stereocenters. The smallest absolute Gasteiger partial charge is 0.248 e. The van der Waals surface area contributed by atoms with E-state index in [1.807, 2.05) is 12.1 Å². The molecule has 3 N–H and O–H groups in total. The Morgan fingerprint density at radius 3 is 2.50 bits per heavy atom. The molecule has 0 aromatic heterocycles. The normalized spacial score (nSPS) is 16.0. The summed E-state index contributed by atoms with van der Waals surface area (Å²) < 4.78 is 0. The molecule has 0 saturated carbocycles. The lowest BCUT2D eigenvalue weighted by atomic mass is 10.0. The van der Waals surface area contributed by atoms with Crippen molar-refractivity contribution in [2.75, 3.05) is 18.4 Å². The van der Waals surface area contributed by atoms with E-state index in [1.54, 1.807) is 12.1 Å². The minimum absolute atomic E-state index is 0.397. The Morgan fingerprint density at radius 1 is 1.17 bits per heavy atom. The fourth-order valence-corrected chi connectivity index (χ4v) is 3.32. The zero-order valence-electron chi connectivity index (χ0n) is 13.5. The molecule has 4 nitrogen and oxygen atoms in total. The highest BCUT2D eigenvalue weighted by Crippen LogP contribution is 2.26. The molecular formula is C19H22ClN3O. The monoisotopic (exact) mass is 343 g/mol. The average Bonchev–Trinajstić information content (AvgIpc) is 2.59. The molecule has 1 aliphatic rings. The maximum atomic E-state index is 11.2. The van der Waals surface area contributed by atoms with Crippen molar-refractivity contribution in [2.24, 2.45) is 5.73 Å². The molecule has 0 spiro atoms. The number of primary amides is 1. The van der Waals surface area contributed by atoms with E-state index in [-0.39, 0.29) is 0 Å². The number of piperidine rings is 1. The maximum absolute atomic E-state index is 11.2. The lowest BCUT2D eigenvalue weighted by Gasteiger charge is -2.33. The predicted octanol–water partition coefficient (Wildman–Crippen LogP) is 3.52. The number of halogens is 1. The Hall–Kier alpha value is -2.04. The van der Waals surface area contributed by atoms with Gasteiger partial charge in [0.25, 0.3) is 0 Å². The van der Waals surface area contributed by atoms with E-state index in [2.05, 4.69) is 34.5 Å². The van der Waals surface area contributed by atoms with Crippen LogP contribution < -0.4 is 11.1 Å². The minimum atomic E-state index is -0.460. The summed E-state index contributed by atoms with van der Waals surface area (Å²) in [6.07, 6.45) is 2.14. The first-order valence-electron chi connectivity index (χ1n) is 8.24. The van der Waals surface area contributed by atoms with Gasteiger partial charge in [0.1, 0.15) is 0 Å². The molecule has 24 heavy (non-hydrogen) atoms. The first-order chi connectivity index (χ1) is 11.6. The van der Waals surface area contributed by atoms with E-state index in [1.165, 1.54) is 5.56 Å². The van der Waals surface area contributed by atoms with E-state index >= 15 is 0 Å². The molecule has 0 radical (unpaired) electrons. The number of rotatable bonds is 5. The molecule has 1 fully saturated rings. The Balaban J connectivity index is 1.53. The quantitative estimate of drug-likeness (QED) is 0.873. The van der Waals surface area contributed by atoms with Crippen LogP contribution >= 0.6 is 11.6 Å². The van der Waals surface area contributed by atoms with Crippen LogP contribution in [0, 0.1) is 0 Å². The number of amides is 1. The highest BCUT2D eigenvalue weighted by Gasteiger charge is 2.20. The van der Waals surface area contributed by atoms with Crippen molar-refractivity contribution >= 4 is 23.2 Å². The fraction of sp³-hybridized carbons (Fsp3) is 0.316. The Bertz CT molecular complexity index is 697. The van der Waals surface area contributed by atoms with Gasteiger partial charge in [-0.15, -0.1) is 0 Å². The second-order valence-electron chi connectivity index (χ2n) is 6.24. The highest BCUT2D eigenvalue weighted by atomic mass is 35.5. The molecule has 0 aliphatic carbocycles. The molecule has 1 amide bonds.